The Morgan fingerprint density at radius 1 is 1.33 bits per heavy atom. The highest BCUT2D eigenvalue weighted by Gasteiger charge is 2.07. The Labute approximate surface area is 55.8 Å². The summed E-state index contributed by atoms with van der Waals surface area (Å²) in [6, 6.07) is 0. The summed E-state index contributed by atoms with van der Waals surface area (Å²) < 4.78 is 1.13. The van der Waals surface area contributed by atoms with Crippen LogP contribution < -0.4 is 0 Å². The second-order valence-corrected chi connectivity index (χ2v) is 2.65. The molecule has 52 valence electrons. The van der Waals surface area contributed by atoms with Gasteiger partial charge in [0.05, 0.1) is 0 Å². The maximum atomic E-state index is 10.9. The Kier molecular flexibility index (Phi) is 2.09. The van der Waals surface area contributed by atoms with Crippen LogP contribution in [0.3, 0.4) is 0 Å². The van der Waals surface area contributed by atoms with Crippen LogP contribution in [0, 0.1) is 5.21 Å². The summed E-state index contributed by atoms with van der Waals surface area (Å²) in [5.41, 5.74) is 1.01. The zero-order valence-corrected chi connectivity index (χ0v) is 5.89. The molecule has 0 radical (unpaired) electrons. The average Bonchev–Trinajstić information content (AvgIpc) is 1.99. The van der Waals surface area contributed by atoms with Gasteiger partial charge in [-0.25, -0.2) is 4.74 Å². The first-order valence-electron chi connectivity index (χ1n) is 3.58. The van der Waals surface area contributed by atoms with Gasteiger partial charge in [-0.2, -0.15) is 0 Å². The minimum Gasteiger partial charge on any atom is -0.624 e. The summed E-state index contributed by atoms with van der Waals surface area (Å²) in [7, 11) is 0. The summed E-state index contributed by atoms with van der Waals surface area (Å²) in [6.45, 7) is 2.64. The van der Waals surface area contributed by atoms with Gasteiger partial charge in [0.2, 0.25) is 0 Å². The number of hydroxylamine groups is 1. The molecular weight excluding hydrogens is 114 g/mol. The fraction of sp³-hybridized carbons (Fsp3) is 0.857. The zero-order chi connectivity index (χ0) is 6.69. The fourth-order valence-electron chi connectivity index (χ4n) is 1.13. The first-order chi connectivity index (χ1) is 4.30. The molecule has 2 nitrogen and oxygen atoms in total. The van der Waals surface area contributed by atoms with Crippen molar-refractivity contribution in [2.45, 2.75) is 32.6 Å². The first kappa shape index (κ1) is 6.59. The molecule has 0 bridgehead atoms. The van der Waals surface area contributed by atoms with E-state index in [0.29, 0.717) is 6.54 Å². The van der Waals surface area contributed by atoms with Gasteiger partial charge in [-0.1, -0.05) is 0 Å². The Morgan fingerprint density at radius 3 is 2.89 bits per heavy atom. The van der Waals surface area contributed by atoms with Gasteiger partial charge < -0.3 is 5.21 Å². The predicted molar refractivity (Wildman–Crippen MR) is 37.6 cm³/mol. The highest BCUT2D eigenvalue weighted by Crippen LogP contribution is 2.05. The molecule has 0 aromatic carbocycles. The van der Waals surface area contributed by atoms with Crippen molar-refractivity contribution in [2.24, 2.45) is 0 Å². The molecule has 2 heteroatoms. The van der Waals surface area contributed by atoms with Gasteiger partial charge in [0, 0.05) is 19.8 Å². The normalized spacial score (nSPS) is 21.9. The van der Waals surface area contributed by atoms with Crippen molar-refractivity contribution in [3.63, 3.8) is 0 Å². The lowest BCUT2D eigenvalue weighted by Gasteiger charge is -2.02. The van der Waals surface area contributed by atoms with Gasteiger partial charge in [-0.15, -0.1) is 0 Å². The number of hydrogen-bond acceptors (Lipinski definition) is 1. The quantitative estimate of drug-likeness (QED) is 0.358. The van der Waals surface area contributed by atoms with Crippen molar-refractivity contribution in [2.75, 3.05) is 6.54 Å². The summed E-state index contributed by atoms with van der Waals surface area (Å²) in [4.78, 5) is 0. The molecule has 0 aromatic rings. The third kappa shape index (κ3) is 1.70. The molecule has 9 heavy (non-hydrogen) atoms. The van der Waals surface area contributed by atoms with Gasteiger partial charge in [0.1, 0.15) is 0 Å². The molecule has 0 aromatic heterocycles. The monoisotopic (exact) mass is 127 g/mol. The van der Waals surface area contributed by atoms with Crippen LogP contribution in [0.15, 0.2) is 0 Å². The van der Waals surface area contributed by atoms with Crippen molar-refractivity contribution < 1.29 is 4.74 Å². The van der Waals surface area contributed by atoms with E-state index in [1.165, 1.54) is 12.8 Å². The van der Waals surface area contributed by atoms with Crippen molar-refractivity contribution >= 4 is 5.71 Å². The third-order valence-electron chi connectivity index (χ3n) is 1.83. The highest BCUT2D eigenvalue weighted by atomic mass is 16.5. The van der Waals surface area contributed by atoms with Crippen LogP contribution in [0.4, 0.5) is 0 Å². The second-order valence-electron chi connectivity index (χ2n) is 2.65. The highest BCUT2D eigenvalue weighted by molar-refractivity contribution is 5.77. The van der Waals surface area contributed by atoms with E-state index in [1.807, 2.05) is 6.92 Å². The van der Waals surface area contributed by atoms with Crippen LogP contribution in [0.25, 0.3) is 0 Å². The number of nitrogens with zero attached hydrogens (tertiary/aromatic N) is 1. The van der Waals surface area contributed by atoms with Gasteiger partial charge in [-0.05, 0) is 12.8 Å². The van der Waals surface area contributed by atoms with Crippen molar-refractivity contribution in [3.05, 3.63) is 5.21 Å². The van der Waals surface area contributed by atoms with E-state index in [2.05, 4.69) is 0 Å². The van der Waals surface area contributed by atoms with Crippen molar-refractivity contribution in [3.8, 4) is 0 Å². The van der Waals surface area contributed by atoms with E-state index in [1.54, 1.807) is 0 Å². The van der Waals surface area contributed by atoms with Crippen LogP contribution in [0.2, 0.25) is 0 Å². The van der Waals surface area contributed by atoms with Crippen LogP contribution in [0.5, 0.6) is 0 Å². The van der Waals surface area contributed by atoms with Crippen LogP contribution in [-0.2, 0) is 0 Å². The Morgan fingerprint density at radius 2 is 2.11 bits per heavy atom. The molecule has 1 heterocycles. The SMILES string of the molecule is CC1=[N+]([O-])CCCCC1. The third-order valence-corrected chi connectivity index (χ3v) is 1.83. The minimum absolute atomic E-state index is 0.714. The van der Waals surface area contributed by atoms with Crippen molar-refractivity contribution in [1.29, 1.82) is 0 Å². The molecule has 0 atom stereocenters. The number of hydrogen-bond donors (Lipinski definition) is 0. The largest absolute Gasteiger partial charge is 0.624 e. The maximum absolute atomic E-state index is 10.9. The van der Waals surface area contributed by atoms with Gasteiger partial charge in [-0.3, -0.25) is 0 Å². The molecular formula is C7H13NO. The standard InChI is InChI=1S/C7H13NO/c1-7-5-3-2-4-6-8(7)9/h2-6H2,1H3. The lowest BCUT2D eigenvalue weighted by Crippen LogP contribution is -2.10. The molecule has 0 unspecified atom stereocenters. The topological polar surface area (TPSA) is 26.1 Å². The molecule has 0 saturated carbocycles. The fourth-order valence-corrected chi connectivity index (χ4v) is 1.13. The average molecular weight is 127 g/mol. The van der Waals surface area contributed by atoms with E-state index in [0.717, 1.165) is 23.3 Å². The van der Waals surface area contributed by atoms with Gasteiger partial charge in [0.25, 0.3) is 0 Å². The minimum atomic E-state index is 0.714. The smallest absolute Gasteiger partial charge is 0.160 e. The molecule has 0 amide bonds. The van der Waals surface area contributed by atoms with E-state index >= 15 is 0 Å². The summed E-state index contributed by atoms with van der Waals surface area (Å²) >= 11 is 0. The van der Waals surface area contributed by atoms with E-state index < -0.39 is 0 Å². The van der Waals surface area contributed by atoms with Crippen molar-refractivity contribution in [1.82, 2.24) is 0 Å². The molecule has 0 aliphatic carbocycles. The van der Waals surface area contributed by atoms with E-state index in [9.17, 15) is 5.21 Å². The van der Waals surface area contributed by atoms with Crippen LogP contribution >= 0.6 is 0 Å². The molecule has 1 aliphatic heterocycles. The molecule has 0 N–H and O–H groups in total. The Bertz CT molecular complexity index is 115. The van der Waals surface area contributed by atoms with E-state index in [-0.39, 0.29) is 0 Å². The molecule has 0 fully saturated rings. The molecule has 0 saturated heterocycles. The van der Waals surface area contributed by atoms with E-state index in [4.69, 9.17) is 0 Å². The Balaban J connectivity index is 2.55. The molecule has 1 aliphatic rings. The van der Waals surface area contributed by atoms with Gasteiger partial charge in [0.15, 0.2) is 12.3 Å². The predicted octanol–water partition coefficient (Wildman–Crippen LogP) is 1.53. The molecule has 1 rings (SSSR count). The lowest BCUT2D eigenvalue weighted by atomic mass is 10.2. The summed E-state index contributed by atoms with van der Waals surface area (Å²) in [5, 5.41) is 10.9. The second kappa shape index (κ2) is 2.85. The summed E-state index contributed by atoms with van der Waals surface area (Å²) in [5.74, 6) is 0. The maximum Gasteiger partial charge on any atom is 0.160 e. The molecule has 0 spiro atoms. The Hall–Kier alpha value is -0.530. The lowest BCUT2D eigenvalue weighted by molar-refractivity contribution is -0.458. The van der Waals surface area contributed by atoms with Crippen LogP contribution in [0.1, 0.15) is 32.6 Å². The van der Waals surface area contributed by atoms with Crippen LogP contribution in [-0.4, -0.2) is 17.0 Å². The number of rotatable bonds is 0. The first-order valence-corrected chi connectivity index (χ1v) is 3.58. The summed E-state index contributed by atoms with van der Waals surface area (Å²) in [6.07, 6.45) is 4.49. The van der Waals surface area contributed by atoms with Gasteiger partial charge >= 0.3 is 0 Å². The zero-order valence-electron chi connectivity index (χ0n) is 5.89.